The molecule has 15 heavy (non-hydrogen) atoms. The standard InChI is InChI=1S/C13H25NS/c1-11(2,3)8-12(4,5)9-13(6,7)14-10-15/h8-9H2,1-7H3. The smallest absolute Gasteiger partial charge is 0.0660 e. The molecule has 0 spiro atoms. The van der Waals surface area contributed by atoms with Crippen LogP contribution in [0.15, 0.2) is 4.99 Å². The van der Waals surface area contributed by atoms with E-state index >= 15 is 0 Å². The Morgan fingerprint density at radius 1 is 0.933 bits per heavy atom. The van der Waals surface area contributed by atoms with Gasteiger partial charge in [0.15, 0.2) is 0 Å². The van der Waals surface area contributed by atoms with Gasteiger partial charge in [-0.1, -0.05) is 34.6 Å². The molecule has 0 aliphatic heterocycles. The minimum absolute atomic E-state index is 0.0868. The van der Waals surface area contributed by atoms with E-state index in [4.69, 9.17) is 0 Å². The van der Waals surface area contributed by atoms with Gasteiger partial charge in [-0.25, -0.2) is 4.99 Å². The lowest BCUT2D eigenvalue weighted by Gasteiger charge is -2.36. The van der Waals surface area contributed by atoms with E-state index in [2.05, 4.69) is 70.8 Å². The minimum atomic E-state index is -0.0868. The first-order valence-corrected chi connectivity index (χ1v) is 5.97. The molecule has 0 fully saturated rings. The normalized spacial score (nSPS) is 13.5. The van der Waals surface area contributed by atoms with Crippen molar-refractivity contribution in [1.29, 1.82) is 0 Å². The van der Waals surface area contributed by atoms with Crippen LogP contribution in [0, 0.1) is 10.8 Å². The van der Waals surface area contributed by atoms with E-state index in [1.165, 1.54) is 6.42 Å². The van der Waals surface area contributed by atoms with Gasteiger partial charge in [0.25, 0.3) is 0 Å². The summed E-state index contributed by atoms with van der Waals surface area (Å²) in [5.41, 5.74) is 0.564. The lowest BCUT2D eigenvalue weighted by atomic mass is 9.71. The molecule has 0 aromatic carbocycles. The van der Waals surface area contributed by atoms with E-state index in [0.717, 1.165) is 6.42 Å². The van der Waals surface area contributed by atoms with Gasteiger partial charge in [-0.3, -0.25) is 0 Å². The number of thiocarbonyl (C=S) groups is 1. The Balaban J connectivity index is 4.57. The highest BCUT2D eigenvalue weighted by Gasteiger charge is 2.31. The van der Waals surface area contributed by atoms with Crippen molar-refractivity contribution in [2.24, 2.45) is 15.8 Å². The van der Waals surface area contributed by atoms with Crippen LogP contribution in [0.2, 0.25) is 0 Å². The highest BCUT2D eigenvalue weighted by molar-refractivity contribution is 7.78. The molecule has 0 aromatic heterocycles. The molecule has 0 aliphatic rings. The Kier molecular flexibility index (Phi) is 4.69. The average Bonchev–Trinajstić information content (AvgIpc) is 1.74. The Morgan fingerprint density at radius 3 is 1.73 bits per heavy atom. The second kappa shape index (κ2) is 4.76. The third-order valence-corrected chi connectivity index (χ3v) is 2.36. The zero-order chi connectivity index (χ0) is 12.3. The number of rotatable bonds is 4. The molecule has 0 rings (SSSR count). The van der Waals surface area contributed by atoms with E-state index in [9.17, 15) is 0 Å². The van der Waals surface area contributed by atoms with Crippen LogP contribution in [0.4, 0.5) is 0 Å². The van der Waals surface area contributed by atoms with Crippen molar-refractivity contribution >= 4 is 17.4 Å². The maximum absolute atomic E-state index is 4.68. The first-order valence-electron chi connectivity index (χ1n) is 5.57. The molecule has 0 heterocycles. The van der Waals surface area contributed by atoms with E-state index < -0.39 is 0 Å². The van der Waals surface area contributed by atoms with Gasteiger partial charge < -0.3 is 0 Å². The maximum atomic E-state index is 4.68. The fourth-order valence-electron chi connectivity index (χ4n) is 2.83. The number of isothiocyanates is 1. The van der Waals surface area contributed by atoms with E-state index in [1.54, 1.807) is 0 Å². The Labute approximate surface area is 100 Å². The zero-order valence-corrected chi connectivity index (χ0v) is 12.1. The number of hydrogen-bond donors (Lipinski definition) is 0. The molecule has 0 unspecified atom stereocenters. The van der Waals surface area contributed by atoms with E-state index in [0.29, 0.717) is 5.41 Å². The molecular formula is C13H25NS. The number of nitrogens with zero attached hydrogens (tertiary/aromatic N) is 1. The van der Waals surface area contributed by atoms with Crippen LogP contribution in [-0.2, 0) is 0 Å². The molecule has 0 aromatic rings. The van der Waals surface area contributed by atoms with Crippen LogP contribution in [0.25, 0.3) is 0 Å². The topological polar surface area (TPSA) is 12.4 Å². The molecule has 0 atom stereocenters. The molecule has 0 saturated heterocycles. The first-order chi connectivity index (χ1) is 6.47. The lowest BCUT2D eigenvalue weighted by molar-refractivity contribution is 0.169. The fourth-order valence-corrected chi connectivity index (χ4v) is 3.08. The summed E-state index contributed by atoms with van der Waals surface area (Å²) in [4.78, 5) is 4.24. The van der Waals surface area contributed by atoms with Crippen LogP contribution in [0.3, 0.4) is 0 Å². The largest absolute Gasteiger partial charge is 0.226 e. The molecule has 1 nitrogen and oxygen atoms in total. The summed E-state index contributed by atoms with van der Waals surface area (Å²) in [7, 11) is 0. The van der Waals surface area contributed by atoms with Gasteiger partial charge in [-0.15, -0.1) is 0 Å². The molecular weight excluding hydrogens is 202 g/mol. The molecule has 2 heteroatoms. The quantitative estimate of drug-likeness (QED) is 0.500. The van der Waals surface area contributed by atoms with Crippen molar-refractivity contribution in [3.8, 4) is 0 Å². The summed E-state index contributed by atoms with van der Waals surface area (Å²) in [5.74, 6) is 0. The number of aliphatic imine (C=N–C) groups is 1. The van der Waals surface area contributed by atoms with Gasteiger partial charge in [0.2, 0.25) is 0 Å². The van der Waals surface area contributed by atoms with Gasteiger partial charge in [0, 0.05) is 0 Å². The Hall–Kier alpha value is -0.200. The van der Waals surface area contributed by atoms with Gasteiger partial charge >= 0.3 is 0 Å². The molecule has 88 valence electrons. The molecule has 0 aliphatic carbocycles. The lowest BCUT2D eigenvalue weighted by Crippen LogP contribution is -2.30. The van der Waals surface area contributed by atoms with Gasteiger partial charge in [-0.2, -0.15) is 0 Å². The second-order valence-corrected chi connectivity index (χ2v) is 7.28. The highest BCUT2D eigenvalue weighted by atomic mass is 32.1. The Morgan fingerprint density at radius 2 is 1.40 bits per heavy atom. The SMILES string of the molecule is CC(C)(C)CC(C)(C)CC(C)(C)N=C=S. The fraction of sp³-hybridized carbons (Fsp3) is 0.923. The summed E-state index contributed by atoms with van der Waals surface area (Å²) in [5, 5.41) is 2.50. The van der Waals surface area contributed by atoms with Crippen LogP contribution < -0.4 is 0 Å². The van der Waals surface area contributed by atoms with E-state index in [1.807, 2.05) is 0 Å². The molecule has 0 N–H and O–H groups in total. The van der Waals surface area contributed by atoms with Crippen LogP contribution in [0.5, 0.6) is 0 Å². The van der Waals surface area contributed by atoms with Crippen molar-refractivity contribution in [1.82, 2.24) is 0 Å². The van der Waals surface area contributed by atoms with Crippen molar-refractivity contribution in [3.05, 3.63) is 0 Å². The third kappa shape index (κ3) is 7.70. The summed E-state index contributed by atoms with van der Waals surface area (Å²) in [6.45, 7) is 15.7. The van der Waals surface area contributed by atoms with Crippen molar-refractivity contribution < 1.29 is 0 Å². The van der Waals surface area contributed by atoms with E-state index in [-0.39, 0.29) is 11.0 Å². The molecule has 0 saturated carbocycles. The van der Waals surface area contributed by atoms with Crippen LogP contribution in [0.1, 0.15) is 61.3 Å². The highest BCUT2D eigenvalue weighted by Crippen LogP contribution is 2.39. The average molecular weight is 227 g/mol. The van der Waals surface area contributed by atoms with Crippen molar-refractivity contribution in [3.63, 3.8) is 0 Å². The summed E-state index contributed by atoms with van der Waals surface area (Å²) < 4.78 is 0. The zero-order valence-electron chi connectivity index (χ0n) is 11.3. The van der Waals surface area contributed by atoms with Crippen molar-refractivity contribution in [2.45, 2.75) is 66.8 Å². The third-order valence-electron chi connectivity index (χ3n) is 2.27. The number of hydrogen-bond acceptors (Lipinski definition) is 2. The van der Waals surface area contributed by atoms with Gasteiger partial charge in [0.05, 0.1) is 10.7 Å². The first kappa shape index (κ1) is 14.8. The van der Waals surface area contributed by atoms with Crippen LogP contribution in [-0.4, -0.2) is 10.7 Å². The van der Waals surface area contributed by atoms with Crippen molar-refractivity contribution in [2.75, 3.05) is 0 Å². The summed E-state index contributed by atoms with van der Waals surface area (Å²) in [6, 6.07) is 0. The molecule has 0 radical (unpaired) electrons. The second-order valence-electron chi connectivity index (χ2n) is 7.09. The Bertz CT molecular complexity index is 252. The predicted molar refractivity (Wildman–Crippen MR) is 71.6 cm³/mol. The summed E-state index contributed by atoms with van der Waals surface area (Å²) >= 11 is 4.68. The molecule has 0 amide bonds. The predicted octanol–water partition coefficient (Wildman–Crippen LogP) is 4.72. The van der Waals surface area contributed by atoms with Gasteiger partial charge in [-0.05, 0) is 49.7 Å². The monoisotopic (exact) mass is 227 g/mol. The minimum Gasteiger partial charge on any atom is -0.226 e. The maximum Gasteiger partial charge on any atom is 0.0660 e. The molecule has 0 bridgehead atoms. The summed E-state index contributed by atoms with van der Waals surface area (Å²) in [6.07, 6.45) is 2.23. The van der Waals surface area contributed by atoms with Gasteiger partial charge in [0.1, 0.15) is 0 Å². The van der Waals surface area contributed by atoms with Crippen LogP contribution >= 0.6 is 12.2 Å².